The Bertz CT molecular complexity index is 743. The van der Waals surface area contributed by atoms with Gasteiger partial charge in [-0.25, -0.2) is 0 Å². The number of halogens is 3. The van der Waals surface area contributed by atoms with E-state index in [1.54, 1.807) is 0 Å². The molecule has 7 nitrogen and oxygen atoms in total. The topological polar surface area (TPSA) is 106 Å². The third-order valence-corrected chi connectivity index (χ3v) is 3.09. The van der Waals surface area contributed by atoms with Crippen molar-refractivity contribution < 1.29 is 32.4 Å². The van der Waals surface area contributed by atoms with Crippen LogP contribution in [0.4, 0.5) is 18.9 Å². The van der Waals surface area contributed by atoms with Gasteiger partial charge in [-0.15, -0.1) is 0 Å². The minimum Gasteiger partial charge on any atom is -0.467 e. The van der Waals surface area contributed by atoms with Gasteiger partial charge in [-0.05, 0) is 18.2 Å². The summed E-state index contributed by atoms with van der Waals surface area (Å²) in [7, 11) is 0. The molecule has 1 atom stereocenters. The number of amides is 1. The maximum atomic E-state index is 12.8. The second kappa shape index (κ2) is 6.71. The number of benzene rings is 1. The van der Waals surface area contributed by atoms with Gasteiger partial charge in [0.25, 0.3) is 11.6 Å². The second-order valence-electron chi connectivity index (χ2n) is 4.75. The highest BCUT2D eigenvalue weighted by Crippen LogP contribution is 2.32. The van der Waals surface area contributed by atoms with Crippen LogP contribution in [0.25, 0.3) is 0 Å². The van der Waals surface area contributed by atoms with Gasteiger partial charge in [-0.3, -0.25) is 14.9 Å². The molecule has 0 radical (unpaired) electrons. The Morgan fingerprint density at radius 2 is 2.08 bits per heavy atom. The number of carbonyl (C=O) groups excluding carboxylic acids is 1. The van der Waals surface area contributed by atoms with Crippen molar-refractivity contribution in [3.8, 4) is 0 Å². The standard InChI is InChI=1S/C14H11F3N2O5/c15-14(16,17)9-4-8(5-10(6-9)19(22)23)13(21)18-11(7-20)12-2-1-3-24-12/h1-6,11,20H,7H2,(H,18,21). The van der Waals surface area contributed by atoms with Gasteiger partial charge in [-0.1, -0.05) is 0 Å². The molecule has 0 saturated carbocycles. The predicted octanol–water partition coefficient (Wildman–Crippen LogP) is 2.67. The number of aliphatic hydroxyl groups excluding tert-OH is 1. The van der Waals surface area contributed by atoms with Crippen LogP contribution in [0.3, 0.4) is 0 Å². The number of nitrogens with one attached hydrogen (secondary N) is 1. The number of aliphatic hydroxyl groups is 1. The van der Waals surface area contributed by atoms with Gasteiger partial charge in [0.05, 0.1) is 23.4 Å². The minimum absolute atomic E-state index is 0.187. The molecule has 1 unspecified atom stereocenters. The summed E-state index contributed by atoms with van der Waals surface area (Å²) in [6, 6.07) is 3.52. The van der Waals surface area contributed by atoms with Crippen molar-refractivity contribution in [3.63, 3.8) is 0 Å². The molecule has 1 aromatic carbocycles. The number of rotatable bonds is 5. The highest BCUT2D eigenvalue weighted by molar-refractivity contribution is 5.95. The number of alkyl halides is 3. The van der Waals surface area contributed by atoms with Crippen molar-refractivity contribution in [2.75, 3.05) is 6.61 Å². The largest absolute Gasteiger partial charge is 0.467 e. The lowest BCUT2D eigenvalue weighted by atomic mass is 10.1. The smallest absolute Gasteiger partial charge is 0.416 e. The quantitative estimate of drug-likeness (QED) is 0.641. The second-order valence-corrected chi connectivity index (χ2v) is 4.75. The molecule has 0 aliphatic rings. The van der Waals surface area contributed by atoms with E-state index < -0.39 is 46.5 Å². The molecule has 2 N–H and O–H groups in total. The molecule has 10 heteroatoms. The molecule has 1 aromatic heterocycles. The molecule has 1 heterocycles. The Morgan fingerprint density at radius 1 is 1.38 bits per heavy atom. The van der Waals surface area contributed by atoms with Crippen LogP contribution in [0.15, 0.2) is 41.0 Å². The van der Waals surface area contributed by atoms with E-state index in [-0.39, 0.29) is 5.76 Å². The van der Waals surface area contributed by atoms with Crippen molar-refractivity contribution in [1.29, 1.82) is 0 Å². The summed E-state index contributed by atoms with van der Waals surface area (Å²) in [6.45, 7) is -0.569. The summed E-state index contributed by atoms with van der Waals surface area (Å²) in [5.74, 6) is -0.827. The molecular weight excluding hydrogens is 333 g/mol. The summed E-state index contributed by atoms with van der Waals surface area (Å²) >= 11 is 0. The molecular formula is C14H11F3N2O5. The van der Waals surface area contributed by atoms with Crippen molar-refractivity contribution in [3.05, 3.63) is 63.6 Å². The minimum atomic E-state index is -4.85. The van der Waals surface area contributed by atoms with Crippen LogP contribution in [0.2, 0.25) is 0 Å². The lowest BCUT2D eigenvalue weighted by Crippen LogP contribution is -2.30. The molecule has 0 bridgehead atoms. The average molecular weight is 344 g/mol. The number of carbonyl (C=O) groups is 1. The van der Waals surface area contributed by atoms with Crippen LogP contribution >= 0.6 is 0 Å². The van der Waals surface area contributed by atoms with Gasteiger partial charge in [0.1, 0.15) is 11.8 Å². The lowest BCUT2D eigenvalue weighted by Gasteiger charge is -2.15. The van der Waals surface area contributed by atoms with E-state index in [4.69, 9.17) is 4.42 Å². The number of nitrogens with zero attached hydrogens (tertiary/aromatic N) is 1. The van der Waals surface area contributed by atoms with Crippen molar-refractivity contribution in [2.45, 2.75) is 12.2 Å². The Hall–Kier alpha value is -2.88. The molecule has 0 aliphatic carbocycles. The fourth-order valence-corrected chi connectivity index (χ4v) is 1.95. The van der Waals surface area contributed by atoms with Crippen molar-refractivity contribution in [2.24, 2.45) is 0 Å². The summed E-state index contributed by atoms with van der Waals surface area (Å²) in [5.41, 5.74) is -2.74. The maximum absolute atomic E-state index is 12.8. The van der Waals surface area contributed by atoms with Crippen LogP contribution in [0, 0.1) is 10.1 Å². The Kier molecular flexibility index (Phi) is 4.88. The number of hydrogen-bond donors (Lipinski definition) is 2. The Morgan fingerprint density at radius 3 is 2.58 bits per heavy atom. The molecule has 2 aromatic rings. The molecule has 2 rings (SSSR count). The highest BCUT2D eigenvalue weighted by atomic mass is 19.4. The predicted molar refractivity (Wildman–Crippen MR) is 74.1 cm³/mol. The first kappa shape index (κ1) is 17.5. The number of nitro groups is 1. The van der Waals surface area contributed by atoms with Crippen molar-refractivity contribution >= 4 is 11.6 Å². The van der Waals surface area contributed by atoms with Crippen LogP contribution < -0.4 is 5.32 Å². The first-order chi connectivity index (χ1) is 11.2. The Labute approximate surface area is 132 Å². The average Bonchev–Trinajstić information content (AvgIpc) is 3.05. The molecule has 0 fully saturated rings. The van der Waals surface area contributed by atoms with E-state index >= 15 is 0 Å². The summed E-state index contributed by atoms with van der Waals surface area (Å²) in [5, 5.41) is 22.3. The number of nitro benzene ring substituents is 1. The molecule has 24 heavy (non-hydrogen) atoms. The van der Waals surface area contributed by atoms with Gasteiger partial charge >= 0.3 is 6.18 Å². The van der Waals surface area contributed by atoms with E-state index in [9.17, 15) is 33.2 Å². The maximum Gasteiger partial charge on any atom is 0.416 e. The van der Waals surface area contributed by atoms with Gasteiger partial charge < -0.3 is 14.8 Å². The fraction of sp³-hybridized carbons (Fsp3) is 0.214. The lowest BCUT2D eigenvalue weighted by molar-refractivity contribution is -0.385. The number of non-ortho nitro benzene ring substituents is 1. The summed E-state index contributed by atoms with van der Waals surface area (Å²) < 4.78 is 43.5. The van der Waals surface area contributed by atoms with Crippen LogP contribution in [0.1, 0.15) is 27.7 Å². The zero-order valence-corrected chi connectivity index (χ0v) is 11.9. The van der Waals surface area contributed by atoms with E-state index in [0.717, 1.165) is 6.07 Å². The molecule has 0 spiro atoms. The van der Waals surface area contributed by atoms with E-state index in [2.05, 4.69) is 5.32 Å². The zero-order valence-electron chi connectivity index (χ0n) is 11.9. The molecule has 128 valence electrons. The van der Waals surface area contributed by atoms with Crippen LogP contribution in [-0.4, -0.2) is 22.5 Å². The highest BCUT2D eigenvalue weighted by Gasteiger charge is 2.33. The molecule has 0 saturated heterocycles. The van der Waals surface area contributed by atoms with Crippen LogP contribution in [0.5, 0.6) is 0 Å². The number of furan rings is 1. The zero-order chi connectivity index (χ0) is 17.9. The summed E-state index contributed by atoms with van der Waals surface area (Å²) in [6.07, 6.45) is -3.56. The van der Waals surface area contributed by atoms with Gasteiger partial charge in [0, 0.05) is 17.7 Å². The summed E-state index contributed by atoms with van der Waals surface area (Å²) in [4.78, 5) is 21.9. The monoisotopic (exact) mass is 344 g/mol. The SMILES string of the molecule is O=C(NC(CO)c1ccco1)c1cc([N+](=O)[O-])cc(C(F)(F)F)c1. The van der Waals surface area contributed by atoms with E-state index in [1.807, 2.05) is 0 Å². The van der Waals surface area contributed by atoms with Gasteiger partial charge in [-0.2, -0.15) is 13.2 Å². The molecule has 0 aliphatic heterocycles. The Balaban J connectivity index is 2.34. The molecule has 1 amide bonds. The van der Waals surface area contributed by atoms with E-state index in [1.165, 1.54) is 18.4 Å². The van der Waals surface area contributed by atoms with E-state index in [0.29, 0.717) is 12.1 Å². The van der Waals surface area contributed by atoms with Gasteiger partial charge in [0.15, 0.2) is 0 Å². The first-order valence-corrected chi connectivity index (χ1v) is 6.54. The number of hydrogen-bond acceptors (Lipinski definition) is 5. The third-order valence-electron chi connectivity index (χ3n) is 3.09. The normalized spacial score (nSPS) is 12.7. The first-order valence-electron chi connectivity index (χ1n) is 6.54. The third kappa shape index (κ3) is 3.90. The van der Waals surface area contributed by atoms with Crippen molar-refractivity contribution in [1.82, 2.24) is 5.32 Å². The fourth-order valence-electron chi connectivity index (χ4n) is 1.95. The van der Waals surface area contributed by atoms with Gasteiger partial charge in [0.2, 0.25) is 0 Å². The van der Waals surface area contributed by atoms with Crippen LogP contribution in [-0.2, 0) is 6.18 Å².